The van der Waals surface area contributed by atoms with Crippen molar-refractivity contribution in [2.75, 3.05) is 24.4 Å². The lowest BCUT2D eigenvalue weighted by atomic mass is 9.99. The average molecular weight is 403 g/mol. The molecule has 1 aliphatic rings. The van der Waals surface area contributed by atoms with Gasteiger partial charge in [-0.05, 0) is 67.6 Å². The number of carbonyl (C=O) groups excluding carboxylic acids is 1. The van der Waals surface area contributed by atoms with Crippen molar-refractivity contribution in [2.45, 2.75) is 31.6 Å². The van der Waals surface area contributed by atoms with Crippen molar-refractivity contribution in [3.63, 3.8) is 0 Å². The van der Waals surface area contributed by atoms with Crippen LogP contribution in [-0.2, 0) is 14.8 Å². The topological polar surface area (TPSA) is 75.7 Å². The molecule has 28 heavy (non-hydrogen) atoms. The summed E-state index contributed by atoms with van der Waals surface area (Å²) in [6.07, 6.45) is 2.04. The number of sulfonamides is 1. The van der Waals surface area contributed by atoms with Gasteiger partial charge in [-0.3, -0.25) is 9.52 Å². The van der Waals surface area contributed by atoms with E-state index in [9.17, 15) is 13.2 Å². The maximum Gasteiger partial charge on any atom is 0.261 e. The predicted octanol–water partition coefficient (Wildman–Crippen LogP) is 3.43. The third-order valence-electron chi connectivity index (χ3n) is 4.90. The van der Waals surface area contributed by atoms with E-state index in [1.807, 2.05) is 17.9 Å². The molecule has 0 saturated carbocycles. The van der Waals surface area contributed by atoms with E-state index in [1.165, 1.54) is 12.1 Å². The van der Waals surface area contributed by atoms with Crippen LogP contribution in [0.25, 0.3) is 0 Å². The number of hydrogen-bond donors (Lipinski definition) is 1. The van der Waals surface area contributed by atoms with E-state index in [0.29, 0.717) is 17.4 Å². The van der Waals surface area contributed by atoms with Crippen molar-refractivity contribution in [3.8, 4) is 5.75 Å². The third kappa shape index (κ3) is 5.25. The smallest absolute Gasteiger partial charge is 0.261 e. The number of anilines is 1. The van der Waals surface area contributed by atoms with Crippen LogP contribution in [0.1, 0.15) is 25.3 Å². The molecule has 2 aromatic carbocycles. The van der Waals surface area contributed by atoms with Crippen molar-refractivity contribution >= 4 is 21.6 Å². The van der Waals surface area contributed by atoms with Crippen molar-refractivity contribution in [1.82, 2.24) is 4.90 Å². The first-order valence-corrected chi connectivity index (χ1v) is 10.9. The van der Waals surface area contributed by atoms with Gasteiger partial charge in [0.15, 0.2) is 6.61 Å². The van der Waals surface area contributed by atoms with Crippen LogP contribution in [0.3, 0.4) is 0 Å². The number of ether oxygens (including phenoxy) is 1. The Hall–Kier alpha value is -2.54. The lowest BCUT2D eigenvalue weighted by Crippen LogP contribution is -2.40. The quantitative estimate of drug-likeness (QED) is 0.803. The largest absolute Gasteiger partial charge is 0.484 e. The number of hydrogen-bond acceptors (Lipinski definition) is 4. The molecular weight excluding hydrogens is 376 g/mol. The molecule has 1 amide bonds. The Morgan fingerprint density at radius 1 is 1.14 bits per heavy atom. The monoisotopic (exact) mass is 402 g/mol. The van der Waals surface area contributed by atoms with Gasteiger partial charge in [0, 0.05) is 18.8 Å². The Balaban J connectivity index is 1.57. The van der Waals surface area contributed by atoms with Crippen LogP contribution >= 0.6 is 0 Å². The van der Waals surface area contributed by atoms with Gasteiger partial charge in [-0.2, -0.15) is 0 Å². The molecule has 3 rings (SSSR count). The highest BCUT2D eigenvalue weighted by molar-refractivity contribution is 7.92. The lowest BCUT2D eigenvalue weighted by Gasteiger charge is -2.30. The van der Waals surface area contributed by atoms with Crippen molar-refractivity contribution in [2.24, 2.45) is 5.92 Å². The van der Waals surface area contributed by atoms with E-state index in [0.717, 1.165) is 31.5 Å². The zero-order chi connectivity index (χ0) is 20.1. The van der Waals surface area contributed by atoms with Gasteiger partial charge in [-0.15, -0.1) is 0 Å². The molecule has 0 bridgehead atoms. The summed E-state index contributed by atoms with van der Waals surface area (Å²) in [7, 11) is -3.68. The van der Waals surface area contributed by atoms with Crippen LogP contribution < -0.4 is 9.46 Å². The van der Waals surface area contributed by atoms with E-state index >= 15 is 0 Å². The van der Waals surface area contributed by atoms with Gasteiger partial charge in [0.25, 0.3) is 15.9 Å². The minimum atomic E-state index is -3.68. The summed E-state index contributed by atoms with van der Waals surface area (Å²) < 4.78 is 33.1. The van der Waals surface area contributed by atoms with Crippen molar-refractivity contribution in [1.29, 1.82) is 0 Å². The first-order valence-electron chi connectivity index (χ1n) is 9.43. The fraction of sp³-hybridized carbons (Fsp3) is 0.381. The minimum absolute atomic E-state index is 0.0373. The van der Waals surface area contributed by atoms with Gasteiger partial charge < -0.3 is 9.64 Å². The zero-order valence-electron chi connectivity index (χ0n) is 16.2. The molecule has 1 N–H and O–H groups in total. The van der Waals surface area contributed by atoms with Gasteiger partial charge in [-0.25, -0.2) is 8.42 Å². The highest BCUT2D eigenvalue weighted by Gasteiger charge is 2.20. The Labute approximate surface area is 166 Å². The van der Waals surface area contributed by atoms with Gasteiger partial charge >= 0.3 is 0 Å². The normalized spacial score (nSPS) is 15.3. The molecule has 0 atom stereocenters. The van der Waals surface area contributed by atoms with Gasteiger partial charge in [0.05, 0.1) is 4.90 Å². The van der Waals surface area contributed by atoms with Crippen LogP contribution in [0.2, 0.25) is 0 Å². The van der Waals surface area contributed by atoms with E-state index in [-0.39, 0.29) is 17.4 Å². The molecule has 1 fully saturated rings. The molecule has 150 valence electrons. The molecule has 0 aromatic heterocycles. The highest BCUT2D eigenvalue weighted by atomic mass is 32.2. The molecule has 2 aromatic rings. The SMILES string of the molecule is Cc1cccc(NS(=O)(=O)c2ccc(OCC(=O)N3CCC(C)CC3)cc2)c1. The molecule has 1 saturated heterocycles. The van der Waals surface area contributed by atoms with Crippen molar-refractivity contribution < 1.29 is 17.9 Å². The highest BCUT2D eigenvalue weighted by Crippen LogP contribution is 2.20. The first-order chi connectivity index (χ1) is 13.3. The summed E-state index contributed by atoms with van der Waals surface area (Å²) in [4.78, 5) is 14.2. The van der Waals surface area contributed by atoms with Crippen LogP contribution in [0.15, 0.2) is 53.4 Å². The number of nitrogens with zero attached hydrogens (tertiary/aromatic N) is 1. The molecule has 1 heterocycles. The van der Waals surface area contributed by atoms with Crippen molar-refractivity contribution in [3.05, 3.63) is 54.1 Å². The zero-order valence-corrected chi connectivity index (χ0v) is 17.0. The molecule has 0 spiro atoms. The first kappa shape index (κ1) is 20.2. The number of carbonyl (C=O) groups is 1. The van der Waals surface area contributed by atoms with Crippen LogP contribution in [0.4, 0.5) is 5.69 Å². The summed E-state index contributed by atoms with van der Waals surface area (Å²) in [5, 5.41) is 0. The number of amides is 1. The summed E-state index contributed by atoms with van der Waals surface area (Å²) in [5.74, 6) is 1.09. The van der Waals surface area contributed by atoms with Crippen LogP contribution in [0, 0.1) is 12.8 Å². The third-order valence-corrected chi connectivity index (χ3v) is 6.30. The summed E-state index contributed by atoms with van der Waals surface area (Å²) in [6, 6.07) is 13.2. The van der Waals surface area contributed by atoms with Gasteiger partial charge in [0.1, 0.15) is 5.75 Å². The van der Waals surface area contributed by atoms with Gasteiger partial charge in [0.2, 0.25) is 0 Å². The fourth-order valence-electron chi connectivity index (χ4n) is 3.13. The number of nitrogens with one attached hydrogen (secondary N) is 1. The maximum absolute atomic E-state index is 12.5. The second-order valence-corrected chi connectivity index (χ2v) is 8.98. The Morgan fingerprint density at radius 2 is 1.82 bits per heavy atom. The number of aryl methyl sites for hydroxylation is 1. The number of likely N-dealkylation sites (tertiary alicyclic amines) is 1. The van der Waals surface area contributed by atoms with Crippen LogP contribution in [-0.4, -0.2) is 38.9 Å². The molecule has 7 heteroatoms. The molecule has 0 unspecified atom stereocenters. The number of benzene rings is 2. The minimum Gasteiger partial charge on any atom is -0.484 e. The van der Waals surface area contributed by atoms with E-state index in [2.05, 4.69) is 11.6 Å². The second-order valence-electron chi connectivity index (χ2n) is 7.30. The Bertz CT molecular complexity index is 918. The van der Waals surface area contributed by atoms with Crippen LogP contribution in [0.5, 0.6) is 5.75 Å². The maximum atomic E-state index is 12.5. The molecule has 0 aliphatic carbocycles. The number of piperidine rings is 1. The van der Waals surface area contributed by atoms with E-state index < -0.39 is 10.0 Å². The second kappa shape index (κ2) is 8.65. The van der Waals surface area contributed by atoms with E-state index in [1.54, 1.807) is 30.3 Å². The summed E-state index contributed by atoms with van der Waals surface area (Å²) in [5.41, 5.74) is 1.48. The summed E-state index contributed by atoms with van der Waals surface area (Å²) >= 11 is 0. The predicted molar refractivity (Wildman–Crippen MR) is 109 cm³/mol. The van der Waals surface area contributed by atoms with E-state index in [4.69, 9.17) is 4.74 Å². The summed E-state index contributed by atoms with van der Waals surface area (Å²) in [6.45, 7) is 5.59. The molecule has 1 aliphatic heterocycles. The fourth-order valence-corrected chi connectivity index (χ4v) is 4.18. The molecular formula is C21H26N2O4S. The molecule has 6 nitrogen and oxygen atoms in total. The standard InChI is InChI=1S/C21H26N2O4S/c1-16-10-12-23(13-11-16)21(24)15-27-19-6-8-20(9-7-19)28(25,26)22-18-5-3-4-17(2)14-18/h3-9,14,16,22H,10-13,15H2,1-2H3. The Kier molecular flexibility index (Phi) is 6.24. The van der Waals surface area contributed by atoms with Gasteiger partial charge in [-0.1, -0.05) is 19.1 Å². The lowest BCUT2D eigenvalue weighted by molar-refractivity contribution is -0.134. The molecule has 0 radical (unpaired) electrons. The average Bonchev–Trinajstić information content (AvgIpc) is 2.67. The Morgan fingerprint density at radius 3 is 2.46 bits per heavy atom. The number of rotatable bonds is 6.